The van der Waals surface area contributed by atoms with Crippen molar-refractivity contribution < 1.29 is 9.53 Å². The van der Waals surface area contributed by atoms with E-state index in [0.717, 1.165) is 39.1 Å². The predicted molar refractivity (Wildman–Crippen MR) is 66.8 cm³/mol. The minimum Gasteiger partial charge on any atom is -0.384 e. The van der Waals surface area contributed by atoms with Gasteiger partial charge >= 0.3 is 0 Å². The number of carbonyl (C=O) groups is 1. The van der Waals surface area contributed by atoms with Crippen LogP contribution in [-0.4, -0.2) is 51.2 Å². The number of amides is 1. The molecule has 1 aliphatic heterocycles. The third kappa shape index (κ3) is 3.19. The fourth-order valence-electron chi connectivity index (χ4n) is 2.86. The molecule has 1 saturated heterocycles. The summed E-state index contributed by atoms with van der Waals surface area (Å²) >= 11 is 0. The summed E-state index contributed by atoms with van der Waals surface area (Å²) in [6.07, 6.45) is 4.61. The number of hydrogen-bond acceptors (Lipinski definition) is 3. The largest absolute Gasteiger partial charge is 0.384 e. The van der Waals surface area contributed by atoms with Gasteiger partial charge in [0.25, 0.3) is 0 Å². The number of methoxy groups -OCH3 is 1. The van der Waals surface area contributed by atoms with Crippen molar-refractivity contribution in [1.82, 2.24) is 10.2 Å². The second-order valence-corrected chi connectivity index (χ2v) is 5.60. The summed E-state index contributed by atoms with van der Waals surface area (Å²) < 4.78 is 5.30. The van der Waals surface area contributed by atoms with Crippen molar-refractivity contribution in [2.75, 3.05) is 40.4 Å². The molecule has 2 fully saturated rings. The van der Waals surface area contributed by atoms with Crippen molar-refractivity contribution in [2.24, 2.45) is 11.3 Å². The molecule has 1 heterocycles. The molecule has 1 amide bonds. The van der Waals surface area contributed by atoms with Crippen molar-refractivity contribution in [3.05, 3.63) is 0 Å². The van der Waals surface area contributed by atoms with Crippen molar-refractivity contribution in [3.63, 3.8) is 0 Å². The Morgan fingerprint density at radius 3 is 2.53 bits per heavy atom. The van der Waals surface area contributed by atoms with Crippen LogP contribution in [0.4, 0.5) is 0 Å². The van der Waals surface area contributed by atoms with Gasteiger partial charge in [0.05, 0.1) is 6.61 Å². The Hall–Kier alpha value is -0.610. The van der Waals surface area contributed by atoms with Gasteiger partial charge in [0.15, 0.2) is 0 Å². The molecular weight excluding hydrogens is 216 g/mol. The van der Waals surface area contributed by atoms with E-state index in [4.69, 9.17) is 4.74 Å². The highest BCUT2D eigenvalue weighted by atomic mass is 16.5. The number of nitrogens with zero attached hydrogens (tertiary/aromatic N) is 1. The van der Waals surface area contributed by atoms with Crippen molar-refractivity contribution >= 4 is 5.91 Å². The van der Waals surface area contributed by atoms with Gasteiger partial charge in [-0.3, -0.25) is 4.79 Å². The summed E-state index contributed by atoms with van der Waals surface area (Å²) in [4.78, 5) is 14.0. The molecule has 2 aliphatic rings. The van der Waals surface area contributed by atoms with Gasteiger partial charge in [0.2, 0.25) is 5.91 Å². The summed E-state index contributed by atoms with van der Waals surface area (Å²) in [6, 6.07) is 0. The highest BCUT2D eigenvalue weighted by Gasteiger charge is 2.44. The molecular formula is C13H24N2O2. The van der Waals surface area contributed by atoms with E-state index in [1.807, 2.05) is 0 Å². The lowest BCUT2D eigenvalue weighted by atomic mass is 9.95. The molecule has 4 nitrogen and oxygen atoms in total. The van der Waals surface area contributed by atoms with E-state index >= 15 is 0 Å². The van der Waals surface area contributed by atoms with E-state index in [9.17, 15) is 4.79 Å². The number of hydrogen-bond donors (Lipinski definition) is 1. The molecule has 0 aromatic heterocycles. The number of carbonyl (C=O) groups excluding carboxylic acids is 1. The maximum absolute atomic E-state index is 11.5. The Labute approximate surface area is 104 Å². The summed E-state index contributed by atoms with van der Waals surface area (Å²) in [6.45, 7) is 4.16. The molecule has 1 N–H and O–H groups in total. The van der Waals surface area contributed by atoms with Crippen LogP contribution in [0.1, 0.15) is 25.7 Å². The molecule has 98 valence electrons. The van der Waals surface area contributed by atoms with Crippen LogP contribution >= 0.6 is 0 Å². The Morgan fingerprint density at radius 2 is 2.06 bits per heavy atom. The first-order chi connectivity index (χ1) is 8.19. The molecule has 1 aliphatic carbocycles. The van der Waals surface area contributed by atoms with Gasteiger partial charge in [-0.05, 0) is 38.8 Å². The van der Waals surface area contributed by atoms with Crippen molar-refractivity contribution in [1.29, 1.82) is 0 Å². The lowest BCUT2D eigenvalue weighted by Gasteiger charge is -2.33. The minimum atomic E-state index is 0.211. The summed E-state index contributed by atoms with van der Waals surface area (Å²) in [5.74, 6) is 0.441. The summed E-state index contributed by atoms with van der Waals surface area (Å²) in [5, 5.41) is 2.75. The highest BCUT2D eigenvalue weighted by Crippen LogP contribution is 2.46. The zero-order valence-corrected chi connectivity index (χ0v) is 11.0. The number of nitrogens with one attached hydrogen (secondary N) is 1. The van der Waals surface area contributed by atoms with Gasteiger partial charge < -0.3 is 15.0 Å². The second kappa shape index (κ2) is 5.36. The molecule has 4 heteroatoms. The quantitative estimate of drug-likeness (QED) is 0.775. The minimum absolute atomic E-state index is 0.211. The number of likely N-dealkylation sites (tertiary alicyclic amines) is 1. The molecule has 0 spiro atoms. The average Bonchev–Trinajstić information content (AvgIpc) is 3.09. The first kappa shape index (κ1) is 12.8. The zero-order chi connectivity index (χ0) is 12.3. The average molecular weight is 240 g/mol. The normalized spacial score (nSPS) is 24.6. The maximum Gasteiger partial charge on any atom is 0.222 e. The number of rotatable bonds is 5. The Morgan fingerprint density at radius 1 is 1.41 bits per heavy atom. The Bertz CT molecular complexity index is 269. The topological polar surface area (TPSA) is 41.6 Å². The SMILES string of the molecule is CNC(=O)C1CCN(CC2(COC)CC2)CC1. The molecule has 17 heavy (non-hydrogen) atoms. The second-order valence-electron chi connectivity index (χ2n) is 5.60. The van der Waals surface area contributed by atoms with Crippen LogP contribution in [0.5, 0.6) is 0 Å². The smallest absolute Gasteiger partial charge is 0.222 e. The predicted octanol–water partition coefficient (Wildman–Crippen LogP) is 0.871. The van der Waals surface area contributed by atoms with E-state index < -0.39 is 0 Å². The molecule has 0 atom stereocenters. The first-order valence-electron chi connectivity index (χ1n) is 6.62. The fraction of sp³-hybridized carbons (Fsp3) is 0.923. The van der Waals surface area contributed by atoms with E-state index in [1.54, 1.807) is 14.2 Å². The van der Waals surface area contributed by atoms with Crippen LogP contribution in [0.15, 0.2) is 0 Å². The number of ether oxygens (including phenoxy) is 1. The van der Waals surface area contributed by atoms with Crippen LogP contribution in [0.3, 0.4) is 0 Å². The van der Waals surface area contributed by atoms with Crippen molar-refractivity contribution in [2.45, 2.75) is 25.7 Å². The van der Waals surface area contributed by atoms with Gasteiger partial charge in [-0.15, -0.1) is 0 Å². The highest BCUT2D eigenvalue weighted by molar-refractivity contribution is 5.78. The van der Waals surface area contributed by atoms with E-state index in [1.165, 1.54) is 12.8 Å². The maximum atomic E-state index is 11.5. The van der Waals surface area contributed by atoms with E-state index in [-0.39, 0.29) is 11.8 Å². The van der Waals surface area contributed by atoms with Crippen LogP contribution in [0.2, 0.25) is 0 Å². The standard InChI is InChI=1S/C13H24N2O2/c1-14-12(16)11-3-7-15(8-4-11)9-13(5-6-13)10-17-2/h11H,3-10H2,1-2H3,(H,14,16). The summed E-state index contributed by atoms with van der Waals surface area (Å²) in [7, 11) is 3.52. The molecule has 0 aromatic rings. The van der Waals surface area contributed by atoms with Crippen molar-refractivity contribution in [3.8, 4) is 0 Å². The Kier molecular flexibility index (Phi) is 4.05. The van der Waals surface area contributed by atoms with Gasteiger partial charge in [0, 0.05) is 32.0 Å². The first-order valence-corrected chi connectivity index (χ1v) is 6.62. The van der Waals surface area contributed by atoms with Gasteiger partial charge in [-0.2, -0.15) is 0 Å². The molecule has 1 saturated carbocycles. The van der Waals surface area contributed by atoms with Gasteiger partial charge in [-0.1, -0.05) is 0 Å². The third-order valence-corrected chi connectivity index (χ3v) is 4.17. The van der Waals surface area contributed by atoms with E-state index in [2.05, 4.69) is 10.2 Å². The molecule has 0 bridgehead atoms. The van der Waals surface area contributed by atoms with Crippen LogP contribution in [0, 0.1) is 11.3 Å². The monoisotopic (exact) mass is 240 g/mol. The Balaban J connectivity index is 1.74. The van der Waals surface area contributed by atoms with Crippen LogP contribution in [0.25, 0.3) is 0 Å². The number of piperidine rings is 1. The van der Waals surface area contributed by atoms with E-state index in [0.29, 0.717) is 5.41 Å². The van der Waals surface area contributed by atoms with Crippen LogP contribution in [-0.2, 0) is 9.53 Å². The molecule has 0 unspecified atom stereocenters. The third-order valence-electron chi connectivity index (χ3n) is 4.17. The molecule has 0 aromatic carbocycles. The van der Waals surface area contributed by atoms with Gasteiger partial charge in [-0.25, -0.2) is 0 Å². The molecule has 0 radical (unpaired) electrons. The summed E-state index contributed by atoms with van der Waals surface area (Å²) in [5.41, 5.74) is 0.439. The van der Waals surface area contributed by atoms with Gasteiger partial charge in [0.1, 0.15) is 0 Å². The zero-order valence-electron chi connectivity index (χ0n) is 11.0. The molecule has 2 rings (SSSR count). The fourth-order valence-corrected chi connectivity index (χ4v) is 2.86. The van der Waals surface area contributed by atoms with Crippen LogP contribution < -0.4 is 5.32 Å². The lowest BCUT2D eigenvalue weighted by molar-refractivity contribution is -0.126. The lowest BCUT2D eigenvalue weighted by Crippen LogP contribution is -2.42.